The molecule has 0 aliphatic rings. The zero-order valence-electron chi connectivity index (χ0n) is 18.0. The second-order valence-corrected chi connectivity index (χ2v) is 7.43. The average Bonchev–Trinajstić information content (AvgIpc) is 2.70. The van der Waals surface area contributed by atoms with E-state index in [0.29, 0.717) is 6.54 Å². The average molecular weight is 396 g/mol. The Kier molecular flexibility index (Phi) is 8.87. The Morgan fingerprint density at radius 2 is 1.66 bits per heavy atom. The van der Waals surface area contributed by atoms with Gasteiger partial charge in [0.15, 0.2) is 0 Å². The van der Waals surface area contributed by atoms with Crippen molar-refractivity contribution in [3.8, 4) is 0 Å². The fourth-order valence-electron chi connectivity index (χ4n) is 3.30. The van der Waals surface area contributed by atoms with E-state index in [-0.39, 0.29) is 24.3 Å². The molecule has 2 aromatic rings. The highest BCUT2D eigenvalue weighted by Crippen LogP contribution is 2.18. The van der Waals surface area contributed by atoms with Crippen molar-refractivity contribution in [3.63, 3.8) is 0 Å². The van der Waals surface area contributed by atoms with Crippen LogP contribution in [0, 0.1) is 6.92 Å². The van der Waals surface area contributed by atoms with Gasteiger partial charge in [-0.25, -0.2) is 0 Å². The minimum Gasteiger partial charge on any atom is -0.352 e. The van der Waals surface area contributed by atoms with Gasteiger partial charge in [-0.05, 0) is 36.7 Å². The molecule has 0 aromatic heterocycles. The molecular weight excluding hydrogens is 362 g/mol. The van der Waals surface area contributed by atoms with Crippen LogP contribution in [-0.4, -0.2) is 29.8 Å². The van der Waals surface area contributed by atoms with Gasteiger partial charge in [0, 0.05) is 20.0 Å². The minimum absolute atomic E-state index is 0.0847. The molecule has 5 nitrogen and oxygen atoms in total. The van der Waals surface area contributed by atoms with Crippen LogP contribution in [0.2, 0.25) is 0 Å². The normalized spacial score (nSPS) is 11.9. The Morgan fingerprint density at radius 3 is 2.28 bits per heavy atom. The molecule has 0 aliphatic heterocycles. The van der Waals surface area contributed by atoms with Crippen LogP contribution < -0.4 is 10.6 Å². The van der Waals surface area contributed by atoms with E-state index in [0.717, 1.165) is 36.3 Å². The molecule has 29 heavy (non-hydrogen) atoms. The summed E-state index contributed by atoms with van der Waals surface area (Å²) in [5.41, 5.74) is 4.40. The number of carbonyl (C=O) groups excluding carboxylic acids is 2. The molecule has 2 rings (SSSR count). The van der Waals surface area contributed by atoms with Gasteiger partial charge < -0.3 is 10.6 Å². The molecule has 0 aliphatic carbocycles. The Balaban J connectivity index is 1.96. The topological polar surface area (TPSA) is 61.4 Å². The number of hydrogen-bond acceptors (Lipinski definition) is 3. The molecule has 5 heteroatoms. The van der Waals surface area contributed by atoms with Crippen molar-refractivity contribution in [2.24, 2.45) is 0 Å². The van der Waals surface area contributed by atoms with Crippen LogP contribution in [0.3, 0.4) is 0 Å². The molecule has 156 valence electrons. The van der Waals surface area contributed by atoms with Crippen LogP contribution >= 0.6 is 0 Å². The summed E-state index contributed by atoms with van der Waals surface area (Å²) in [7, 11) is 0. The standard InChI is InChI=1S/C24H33N3O2/c1-5-27(6-2)17-21-9-7-8-20(14-21)16-25-24(29)15-23(26-19(4)28)22-12-10-18(3)11-13-22/h7-14,23H,5-6,15-17H2,1-4H3,(H,25,29)(H,26,28). The van der Waals surface area contributed by atoms with Crippen LogP contribution in [0.4, 0.5) is 0 Å². The third-order valence-electron chi connectivity index (χ3n) is 5.03. The Morgan fingerprint density at radius 1 is 1.00 bits per heavy atom. The molecule has 0 heterocycles. The van der Waals surface area contributed by atoms with Crippen molar-refractivity contribution in [2.45, 2.75) is 53.2 Å². The van der Waals surface area contributed by atoms with Crippen molar-refractivity contribution in [3.05, 3.63) is 70.8 Å². The van der Waals surface area contributed by atoms with E-state index < -0.39 is 0 Å². The molecule has 0 fully saturated rings. The van der Waals surface area contributed by atoms with Gasteiger partial charge in [0.1, 0.15) is 0 Å². The van der Waals surface area contributed by atoms with E-state index in [4.69, 9.17) is 0 Å². The fourth-order valence-corrected chi connectivity index (χ4v) is 3.30. The quantitative estimate of drug-likeness (QED) is 0.644. The SMILES string of the molecule is CCN(CC)Cc1cccc(CNC(=O)CC(NC(C)=O)c2ccc(C)cc2)c1. The third kappa shape index (κ3) is 7.70. The summed E-state index contributed by atoms with van der Waals surface area (Å²) >= 11 is 0. The number of rotatable bonds is 10. The first-order chi connectivity index (χ1) is 13.9. The zero-order chi connectivity index (χ0) is 21.2. The molecule has 0 radical (unpaired) electrons. The van der Waals surface area contributed by atoms with Crippen molar-refractivity contribution in [1.82, 2.24) is 15.5 Å². The summed E-state index contributed by atoms with van der Waals surface area (Å²) in [5, 5.41) is 5.87. The highest BCUT2D eigenvalue weighted by molar-refractivity contribution is 5.79. The molecule has 1 unspecified atom stereocenters. The third-order valence-corrected chi connectivity index (χ3v) is 5.03. The lowest BCUT2D eigenvalue weighted by atomic mass is 10.0. The largest absolute Gasteiger partial charge is 0.352 e. The maximum atomic E-state index is 12.5. The van der Waals surface area contributed by atoms with E-state index in [9.17, 15) is 9.59 Å². The second kappa shape index (κ2) is 11.4. The number of benzene rings is 2. The molecule has 0 saturated carbocycles. The zero-order valence-corrected chi connectivity index (χ0v) is 18.0. The molecule has 2 aromatic carbocycles. The summed E-state index contributed by atoms with van der Waals surface area (Å²) in [5.74, 6) is -0.231. The molecule has 2 N–H and O–H groups in total. The lowest BCUT2D eigenvalue weighted by Gasteiger charge is -2.19. The summed E-state index contributed by atoms with van der Waals surface area (Å²) in [6.07, 6.45) is 0.210. The van der Waals surface area contributed by atoms with Gasteiger partial charge in [-0.1, -0.05) is 67.9 Å². The number of carbonyl (C=O) groups is 2. The summed E-state index contributed by atoms with van der Waals surface area (Å²) in [6, 6.07) is 15.9. The molecular formula is C24H33N3O2. The first-order valence-electron chi connectivity index (χ1n) is 10.3. The molecule has 1 atom stereocenters. The second-order valence-electron chi connectivity index (χ2n) is 7.43. The lowest BCUT2D eigenvalue weighted by Crippen LogP contribution is -2.32. The summed E-state index contributed by atoms with van der Waals surface area (Å²) < 4.78 is 0. The van der Waals surface area contributed by atoms with Crippen LogP contribution in [0.1, 0.15) is 55.5 Å². The maximum Gasteiger partial charge on any atom is 0.222 e. The van der Waals surface area contributed by atoms with Crippen molar-refractivity contribution < 1.29 is 9.59 Å². The smallest absolute Gasteiger partial charge is 0.222 e. The number of amides is 2. The van der Waals surface area contributed by atoms with E-state index in [1.54, 1.807) is 0 Å². The van der Waals surface area contributed by atoms with Gasteiger partial charge in [0.2, 0.25) is 11.8 Å². The first kappa shape index (κ1) is 22.6. The minimum atomic E-state index is -0.331. The first-order valence-corrected chi connectivity index (χ1v) is 10.3. The Bertz CT molecular complexity index is 798. The van der Waals surface area contributed by atoms with E-state index >= 15 is 0 Å². The number of nitrogens with zero attached hydrogens (tertiary/aromatic N) is 1. The van der Waals surface area contributed by atoms with Gasteiger partial charge in [0.25, 0.3) is 0 Å². The van der Waals surface area contributed by atoms with E-state index in [1.165, 1.54) is 12.5 Å². The predicted molar refractivity (Wildman–Crippen MR) is 117 cm³/mol. The maximum absolute atomic E-state index is 12.5. The van der Waals surface area contributed by atoms with Gasteiger partial charge in [-0.15, -0.1) is 0 Å². The summed E-state index contributed by atoms with van der Waals surface area (Å²) in [6.45, 7) is 11.2. The van der Waals surface area contributed by atoms with Gasteiger partial charge >= 0.3 is 0 Å². The number of nitrogens with one attached hydrogen (secondary N) is 2. The van der Waals surface area contributed by atoms with Crippen LogP contribution in [0.25, 0.3) is 0 Å². The lowest BCUT2D eigenvalue weighted by molar-refractivity contribution is -0.122. The number of hydrogen-bond donors (Lipinski definition) is 2. The van der Waals surface area contributed by atoms with E-state index in [2.05, 4.69) is 41.5 Å². The molecule has 0 bridgehead atoms. The van der Waals surface area contributed by atoms with E-state index in [1.807, 2.05) is 43.3 Å². The van der Waals surface area contributed by atoms with Gasteiger partial charge in [-0.2, -0.15) is 0 Å². The van der Waals surface area contributed by atoms with Crippen molar-refractivity contribution in [1.29, 1.82) is 0 Å². The van der Waals surface area contributed by atoms with Crippen molar-refractivity contribution in [2.75, 3.05) is 13.1 Å². The highest BCUT2D eigenvalue weighted by atomic mass is 16.2. The molecule has 0 saturated heterocycles. The molecule has 2 amide bonds. The Labute approximate surface area is 174 Å². The predicted octanol–water partition coefficient (Wildman–Crippen LogP) is 3.72. The highest BCUT2D eigenvalue weighted by Gasteiger charge is 2.17. The van der Waals surface area contributed by atoms with Gasteiger partial charge in [-0.3, -0.25) is 14.5 Å². The summed E-state index contributed by atoms with van der Waals surface area (Å²) in [4.78, 5) is 26.5. The van der Waals surface area contributed by atoms with Crippen LogP contribution in [0.5, 0.6) is 0 Å². The van der Waals surface area contributed by atoms with Crippen LogP contribution in [-0.2, 0) is 22.7 Å². The van der Waals surface area contributed by atoms with Crippen LogP contribution in [0.15, 0.2) is 48.5 Å². The fraction of sp³-hybridized carbons (Fsp3) is 0.417. The monoisotopic (exact) mass is 395 g/mol. The number of aryl methyl sites for hydroxylation is 1. The van der Waals surface area contributed by atoms with Crippen molar-refractivity contribution >= 4 is 11.8 Å². The molecule has 0 spiro atoms. The Hall–Kier alpha value is -2.66. The van der Waals surface area contributed by atoms with Gasteiger partial charge in [0.05, 0.1) is 12.5 Å².